The lowest BCUT2D eigenvalue weighted by atomic mass is 9.75. The zero-order valence-electron chi connectivity index (χ0n) is 11.4. The van der Waals surface area contributed by atoms with Crippen molar-refractivity contribution in [2.24, 2.45) is 5.73 Å². The predicted molar refractivity (Wildman–Crippen MR) is 74.9 cm³/mol. The molecule has 1 atom stereocenters. The highest BCUT2D eigenvalue weighted by molar-refractivity contribution is 5.29. The molecule has 1 nitrogen and oxygen atoms in total. The van der Waals surface area contributed by atoms with Crippen LogP contribution >= 0.6 is 0 Å². The van der Waals surface area contributed by atoms with Crippen LogP contribution in [0, 0.1) is 12.3 Å². The molecule has 1 unspecified atom stereocenters. The van der Waals surface area contributed by atoms with Crippen LogP contribution in [-0.2, 0) is 11.8 Å². The van der Waals surface area contributed by atoms with Crippen molar-refractivity contribution in [3.8, 4) is 12.3 Å². The molecule has 1 aromatic rings. The summed E-state index contributed by atoms with van der Waals surface area (Å²) >= 11 is 0. The van der Waals surface area contributed by atoms with Gasteiger partial charge in [-0.3, -0.25) is 0 Å². The summed E-state index contributed by atoms with van der Waals surface area (Å²) in [7, 11) is 0. The van der Waals surface area contributed by atoms with E-state index in [-0.39, 0.29) is 5.41 Å². The Morgan fingerprint density at radius 2 is 1.71 bits per heavy atom. The van der Waals surface area contributed by atoms with Gasteiger partial charge in [0.1, 0.15) is 0 Å². The van der Waals surface area contributed by atoms with Gasteiger partial charge in [0.15, 0.2) is 0 Å². The molecular formula is C16H23N. The van der Waals surface area contributed by atoms with Gasteiger partial charge in [-0.25, -0.2) is 0 Å². The van der Waals surface area contributed by atoms with E-state index in [4.69, 9.17) is 12.2 Å². The first-order chi connectivity index (χ1) is 7.80. The van der Waals surface area contributed by atoms with E-state index in [9.17, 15) is 0 Å². The summed E-state index contributed by atoms with van der Waals surface area (Å²) in [5.41, 5.74) is 8.16. The Labute approximate surface area is 105 Å². The third kappa shape index (κ3) is 3.61. The molecule has 0 heterocycles. The Morgan fingerprint density at radius 1 is 1.18 bits per heavy atom. The highest BCUT2D eigenvalue weighted by atomic mass is 14.7. The highest BCUT2D eigenvalue weighted by Crippen LogP contribution is 2.31. The smallest absolute Gasteiger partial charge is 0.0753 e. The molecule has 1 aromatic carbocycles. The number of rotatable bonds is 4. The molecule has 0 aliphatic heterocycles. The molecule has 0 radical (unpaired) electrons. The van der Waals surface area contributed by atoms with Crippen LogP contribution in [0.2, 0.25) is 0 Å². The van der Waals surface area contributed by atoms with E-state index in [1.165, 1.54) is 11.1 Å². The zero-order chi connectivity index (χ0) is 13.1. The van der Waals surface area contributed by atoms with Crippen LogP contribution in [0.4, 0.5) is 0 Å². The molecule has 1 heteroatoms. The van der Waals surface area contributed by atoms with Crippen molar-refractivity contribution in [3.63, 3.8) is 0 Å². The number of hydrogen-bond acceptors (Lipinski definition) is 1. The summed E-state index contributed by atoms with van der Waals surface area (Å²) in [6.45, 7) is 8.46. The van der Waals surface area contributed by atoms with E-state index in [1.807, 2.05) is 6.92 Å². The fourth-order valence-electron chi connectivity index (χ4n) is 2.26. The average Bonchev–Trinajstić information content (AvgIpc) is 2.28. The molecule has 1 rings (SSSR count). The summed E-state index contributed by atoms with van der Waals surface area (Å²) in [4.78, 5) is 0. The first-order valence-electron chi connectivity index (χ1n) is 6.17. The molecular weight excluding hydrogens is 206 g/mol. The molecule has 0 saturated heterocycles. The Bertz CT molecular complexity index is 404. The number of nitrogens with two attached hydrogens (primary N) is 1. The molecule has 0 spiro atoms. The van der Waals surface area contributed by atoms with Gasteiger partial charge in [0, 0.05) is 0 Å². The van der Waals surface area contributed by atoms with Gasteiger partial charge in [-0.05, 0) is 36.3 Å². The fraction of sp³-hybridized carbons (Fsp3) is 0.500. The van der Waals surface area contributed by atoms with Crippen LogP contribution in [0.25, 0.3) is 0 Å². The Kier molecular flexibility index (Phi) is 4.01. The first-order valence-corrected chi connectivity index (χ1v) is 6.17. The van der Waals surface area contributed by atoms with Crippen molar-refractivity contribution in [2.45, 2.75) is 51.5 Å². The summed E-state index contributed by atoms with van der Waals surface area (Å²) in [5.74, 6) is 2.67. The summed E-state index contributed by atoms with van der Waals surface area (Å²) in [5, 5.41) is 0. The maximum atomic E-state index is 6.06. The van der Waals surface area contributed by atoms with Crippen molar-refractivity contribution < 1.29 is 0 Å². The topological polar surface area (TPSA) is 26.0 Å². The minimum atomic E-state index is -0.549. The largest absolute Gasteiger partial charge is 0.315 e. The maximum Gasteiger partial charge on any atom is 0.0753 e. The normalized spacial score (nSPS) is 15.1. The predicted octanol–water partition coefficient (Wildman–Crippen LogP) is 3.27. The molecule has 0 amide bonds. The van der Waals surface area contributed by atoms with Crippen molar-refractivity contribution >= 4 is 0 Å². The van der Waals surface area contributed by atoms with Gasteiger partial charge in [0.05, 0.1) is 5.54 Å². The third-order valence-electron chi connectivity index (χ3n) is 3.28. The zero-order valence-corrected chi connectivity index (χ0v) is 11.4. The first kappa shape index (κ1) is 13.8. The molecule has 0 aliphatic rings. The van der Waals surface area contributed by atoms with E-state index < -0.39 is 5.54 Å². The summed E-state index contributed by atoms with van der Waals surface area (Å²) < 4.78 is 0. The van der Waals surface area contributed by atoms with E-state index in [2.05, 4.69) is 51.0 Å². The van der Waals surface area contributed by atoms with Crippen LogP contribution in [-0.4, -0.2) is 5.54 Å². The molecule has 0 bridgehead atoms. The lowest BCUT2D eigenvalue weighted by Crippen LogP contribution is -2.40. The molecule has 17 heavy (non-hydrogen) atoms. The van der Waals surface area contributed by atoms with Gasteiger partial charge in [0.25, 0.3) is 0 Å². The second kappa shape index (κ2) is 4.94. The van der Waals surface area contributed by atoms with Crippen LogP contribution in [0.15, 0.2) is 24.3 Å². The minimum Gasteiger partial charge on any atom is -0.315 e. The lowest BCUT2D eigenvalue weighted by molar-refractivity contribution is 0.389. The number of benzene rings is 1. The second-order valence-corrected chi connectivity index (χ2v) is 5.67. The maximum absolute atomic E-state index is 6.06. The van der Waals surface area contributed by atoms with Gasteiger partial charge < -0.3 is 5.73 Å². The third-order valence-corrected chi connectivity index (χ3v) is 3.28. The summed E-state index contributed by atoms with van der Waals surface area (Å²) in [6, 6.07) is 8.73. The van der Waals surface area contributed by atoms with E-state index in [0.29, 0.717) is 0 Å². The van der Waals surface area contributed by atoms with E-state index in [1.54, 1.807) is 0 Å². The highest BCUT2D eigenvalue weighted by Gasteiger charge is 2.29. The van der Waals surface area contributed by atoms with Gasteiger partial charge in [-0.2, -0.15) is 0 Å². The molecule has 0 fully saturated rings. The molecule has 2 N–H and O–H groups in total. The lowest BCUT2D eigenvalue weighted by Gasteiger charge is -2.32. The number of aryl methyl sites for hydroxylation is 1. The van der Waals surface area contributed by atoms with Gasteiger partial charge >= 0.3 is 0 Å². The fourth-order valence-corrected chi connectivity index (χ4v) is 2.26. The number of terminal acetylenes is 1. The monoisotopic (exact) mass is 229 g/mol. The van der Waals surface area contributed by atoms with Crippen molar-refractivity contribution in [1.82, 2.24) is 0 Å². The van der Waals surface area contributed by atoms with Crippen molar-refractivity contribution in [1.29, 1.82) is 0 Å². The number of hydrogen-bond donors (Lipinski definition) is 1. The van der Waals surface area contributed by atoms with Crippen molar-refractivity contribution in [2.75, 3.05) is 0 Å². The van der Waals surface area contributed by atoms with Crippen molar-refractivity contribution in [3.05, 3.63) is 35.4 Å². The van der Waals surface area contributed by atoms with Crippen LogP contribution < -0.4 is 5.73 Å². The SMILES string of the molecule is C#CC(C)(N)CC(C)(C)c1ccc(CC)cc1. The average molecular weight is 229 g/mol. The summed E-state index contributed by atoms with van der Waals surface area (Å²) in [6.07, 6.45) is 7.31. The Balaban J connectivity index is 2.93. The van der Waals surface area contributed by atoms with Crippen LogP contribution in [0.3, 0.4) is 0 Å². The molecule has 0 saturated carbocycles. The van der Waals surface area contributed by atoms with Crippen LogP contribution in [0.1, 0.15) is 45.2 Å². The van der Waals surface area contributed by atoms with Gasteiger partial charge in [-0.1, -0.05) is 51.0 Å². The standard InChI is InChI=1S/C16H23N/c1-6-13-8-10-14(11-9-13)15(3,4)12-16(5,17)7-2/h2,8-11H,6,12,17H2,1,3-5H3. The molecule has 0 aliphatic carbocycles. The Hall–Kier alpha value is -1.26. The molecule has 0 aromatic heterocycles. The quantitative estimate of drug-likeness (QED) is 0.788. The Morgan fingerprint density at radius 3 is 2.12 bits per heavy atom. The minimum absolute atomic E-state index is 0.00212. The second-order valence-electron chi connectivity index (χ2n) is 5.67. The van der Waals surface area contributed by atoms with Gasteiger partial charge in [-0.15, -0.1) is 6.42 Å². The van der Waals surface area contributed by atoms with Gasteiger partial charge in [0.2, 0.25) is 0 Å². The van der Waals surface area contributed by atoms with E-state index >= 15 is 0 Å². The van der Waals surface area contributed by atoms with E-state index in [0.717, 1.165) is 12.8 Å². The molecule has 92 valence electrons. The van der Waals surface area contributed by atoms with Crippen LogP contribution in [0.5, 0.6) is 0 Å².